The molecule has 2 rings (SSSR count). The Bertz CT molecular complexity index is 419. The van der Waals surface area contributed by atoms with Crippen molar-refractivity contribution in [3.05, 3.63) is 35.9 Å². The molecule has 1 aliphatic rings. The number of hydrogen-bond acceptors (Lipinski definition) is 2. The van der Waals surface area contributed by atoms with Crippen LogP contribution in [-0.4, -0.2) is 48.2 Å². The second-order valence-corrected chi connectivity index (χ2v) is 5.23. The Morgan fingerprint density at radius 1 is 1.29 bits per heavy atom. The number of hydrogen-bond donors (Lipinski definition) is 2. The van der Waals surface area contributed by atoms with Crippen molar-refractivity contribution in [2.24, 2.45) is 4.99 Å². The van der Waals surface area contributed by atoms with Gasteiger partial charge in [0.2, 0.25) is 0 Å². The standard InChI is InChI=1S/C16H25N3O.HI/c1-2-17-16(19-10-6-7-11-19)18-13-15(20)12-14-8-4-3-5-9-14;/h3-5,8-9,15,20H,2,6-7,10-13H2,1H3,(H,17,18);1H. The van der Waals surface area contributed by atoms with Gasteiger partial charge in [-0.05, 0) is 25.3 Å². The maximum atomic E-state index is 10.1. The Morgan fingerprint density at radius 2 is 1.95 bits per heavy atom. The van der Waals surface area contributed by atoms with Gasteiger partial charge in [0.25, 0.3) is 0 Å². The van der Waals surface area contributed by atoms with Gasteiger partial charge in [-0.1, -0.05) is 30.3 Å². The molecule has 0 amide bonds. The summed E-state index contributed by atoms with van der Waals surface area (Å²) in [7, 11) is 0. The number of aliphatic hydroxyl groups excluding tert-OH is 1. The van der Waals surface area contributed by atoms with Gasteiger partial charge in [-0.25, -0.2) is 0 Å². The molecule has 1 aliphatic heterocycles. The number of guanidine groups is 1. The summed E-state index contributed by atoms with van der Waals surface area (Å²) < 4.78 is 0. The molecule has 4 nitrogen and oxygen atoms in total. The van der Waals surface area contributed by atoms with Crippen LogP contribution in [0.1, 0.15) is 25.3 Å². The molecule has 0 spiro atoms. The molecule has 2 N–H and O–H groups in total. The molecule has 21 heavy (non-hydrogen) atoms. The number of benzene rings is 1. The van der Waals surface area contributed by atoms with E-state index in [2.05, 4.69) is 22.1 Å². The number of nitrogens with zero attached hydrogens (tertiary/aromatic N) is 2. The fourth-order valence-electron chi connectivity index (χ4n) is 2.50. The molecule has 1 fully saturated rings. The van der Waals surface area contributed by atoms with Gasteiger partial charge in [-0.3, -0.25) is 4.99 Å². The highest BCUT2D eigenvalue weighted by molar-refractivity contribution is 14.0. The van der Waals surface area contributed by atoms with Crippen molar-refractivity contribution in [1.29, 1.82) is 0 Å². The summed E-state index contributed by atoms with van der Waals surface area (Å²) in [6.07, 6.45) is 2.70. The highest BCUT2D eigenvalue weighted by Gasteiger charge is 2.16. The van der Waals surface area contributed by atoms with Crippen LogP contribution in [0.2, 0.25) is 0 Å². The number of nitrogens with one attached hydrogen (secondary N) is 1. The number of rotatable bonds is 5. The van der Waals surface area contributed by atoms with Gasteiger partial charge in [0.1, 0.15) is 0 Å². The lowest BCUT2D eigenvalue weighted by atomic mass is 10.1. The minimum Gasteiger partial charge on any atom is -0.391 e. The predicted octanol–water partition coefficient (Wildman–Crippen LogP) is 2.27. The molecule has 1 heterocycles. The van der Waals surface area contributed by atoms with Gasteiger partial charge >= 0.3 is 0 Å². The first kappa shape index (κ1) is 18.2. The fraction of sp³-hybridized carbons (Fsp3) is 0.562. The zero-order valence-electron chi connectivity index (χ0n) is 12.7. The van der Waals surface area contributed by atoms with E-state index in [0.29, 0.717) is 13.0 Å². The third-order valence-corrected chi connectivity index (χ3v) is 3.51. The van der Waals surface area contributed by atoms with Crippen molar-refractivity contribution < 1.29 is 5.11 Å². The van der Waals surface area contributed by atoms with E-state index in [0.717, 1.165) is 31.2 Å². The van der Waals surface area contributed by atoms with Crippen molar-refractivity contribution in [3.63, 3.8) is 0 Å². The van der Waals surface area contributed by atoms with Crippen LogP contribution < -0.4 is 5.32 Å². The molecular weight excluding hydrogens is 377 g/mol. The van der Waals surface area contributed by atoms with Gasteiger partial charge in [0.15, 0.2) is 5.96 Å². The van der Waals surface area contributed by atoms with Gasteiger partial charge in [0, 0.05) is 26.1 Å². The van der Waals surface area contributed by atoms with E-state index in [1.54, 1.807) is 0 Å². The summed E-state index contributed by atoms with van der Waals surface area (Å²) in [6, 6.07) is 10.1. The van der Waals surface area contributed by atoms with E-state index in [1.165, 1.54) is 12.8 Å². The Kier molecular flexibility index (Phi) is 8.68. The van der Waals surface area contributed by atoms with Crippen LogP contribution >= 0.6 is 24.0 Å². The van der Waals surface area contributed by atoms with E-state index in [1.807, 2.05) is 30.3 Å². The summed E-state index contributed by atoms with van der Waals surface area (Å²) in [6.45, 7) is 5.53. The lowest BCUT2D eigenvalue weighted by Gasteiger charge is -2.21. The van der Waals surface area contributed by atoms with Crippen LogP contribution in [0.25, 0.3) is 0 Å². The molecule has 0 saturated carbocycles. The monoisotopic (exact) mass is 403 g/mol. The SMILES string of the molecule is CCNC(=NCC(O)Cc1ccccc1)N1CCCC1.I. The highest BCUT2D eigenvalue weighted by atomic mass is 127. The molecule has 0 radical (unpaired) electrons. The Morgan fingerprint density at radius 3 is 2.57 bits per heavy atom. The maximum Gasteiger partial charge on any atom is 0.194 e. The van der Waals surface area contributed by atoms with Crippen molar-refractivity contribution in [3.8, 4) is 0 Å². The number of halogens is 1. The van der Waals surface area contributed by atoms with Gasteiger partial charge in [-0.15, -0.1) is 24.0 Å². The number of likely N-dealkylation sites (tertiary alicyclic amines) is 1. The number of aliphatic hydroxyl groups is 1. The summed E-state index contributed by atoms with van der Waals surface area (Å²) in [5.41, 5.74) is 1.15. The lowest BCUT2D eigenvalue weighted by molar-refractivity contribution is 0.183. The normalized spacial score (nSPS) is 16.5. The lowest BCUT2D eigenvalue weighted by Crippen LogP contribution is -2.40. The third-order valence-electron chi connectivity index (χ3n) is 3.51. The average molecular weight is 403 g/mol. The Hall–Kier alpha value is -0.820. The molecule has 0 bridgehead atoms. The largest absolute Gasteiger partial charge is 0.391 e. The Labute approximate surface area is 144 Å². The topological polar surface area (TPSA) is 47.9 Å². The van der Waals surface area contributed by atoms with Gasteiger partial charge < -0.3 is 15.3 Å². The van der Waals surface area contributed by atoms with Crippen LogP contribution in [0.15, 0.2) is 35.3 Å². The molecule has 1 aromatic carbocycles. The molecule has 1 saturated heterocycles. The quantitative estimate of drug-likeness (QED) is 0.451. The second kappa shape index (κ2) is 10.00. The zero-order valence-corrected chi connectivity index (χ0v) is 15.0. The average Bonchev–Trinajstić information content (AvgIpc) is 2.98. The molecule has 118 valence electrons. The molecule has 0 aromatic heterocycles. The predicted molar refractivity (Wildman–Crippen MR) is 98.4 cm³/mol. The van der Waals surface area contributed by atoms with Crippen molar-refractivity contribution in [1.82, 2.24) is 10.2 Å². The minimum atomic E-state index is -0.423. The van der Waals surface area contributed by atoms with Crippen LogP contribution in [0, 0.1) is 0 Å². The fourth-order valence-corrected chi connectivity index (χ4v) is 2.50. The van der Waals surface area contributed by atoms with Crippen LogP contribution in [0.5, 0.6) is 0 Å². The molecule has 5 heteroatoms. The van der Waals surface area contributed by atoms with Gasteiger partial charge in [0.05, 0.1) is 12.6 Å². The summed E-state index contributed by atoms with van der Waals surface area (Å²) in [5.74, 6) is 0.942. The van der Waals surface area contributed by atoms with E-state index in [4.69, 9.17) is 0 Å². The molecule has 1 unspecified atom stereocenters. The second-order valence-electron chi connectivity index (χ2n) is 5.23. The zero-order chi connectivity index (χ0) is 14.2. The van der Waals surface area contributed by atoms with Crippen LogP contribution in [0.3, 0.4) is 0 Å². The first-order valence-corrected chi connectivity index (χ1v) is 7.55. The molecular formula is C16H26IN3O. The van der Waals surface area contributed by atoms with Crippen molar-refractivity contribution in [2.45, 2.75) is 32.3 Å². The van der Waals surface area contributed by atoms with Gasteiger partial charge in [-0.2, -0.15) is 0 Å². The summed E-state index contributed by atoms with van der Waals surface area (Å²) >= 11 is 0. The van der Waals surface area contributed by atoms with Crippen LogP contribution in [-0.2, 0) is 6.42 Å². The smallest absolute Gasteiger partial charge is 0.194 e. The Balaban J connectivity index is 0.00000220. The van der Waals surface area contributed by atoms with E-state index in [9.17, 15) is 5.11 Å². The molecule has 0 aliphatic carbocycles. The van der Waals surface area contributed by atoms with E-state index < -0.39 is 6.10 Å². The van der Waals surface area contributed by atoms with E-state index >= 15 is 0 Å². The first-order valence-electron chi connectivity index (χ1n) is 7.55. The van der Waals surface area contributed by atoms with Crippen LogP contribution in [0.4, 0.5) is 0 Å². The maximum absolute atomic E-state index is 10.1. The minimum absolute atomic E-state index is 0. The van der Waals surface area contributed by atoms with Crippen molar-refractivity contribution in [2.75, 3.05) is 26.2 Å². The first-order chi connectivity index (χ1) is 9.79. The summed E-state index contributed by atoms with van der Waals surface area (Å²) in [5, 5.41) is 13.4. The summed E-state index contributed by atoms with van der Waals surface area (Å²) in [4.78, 5) is 6.85. The van der Waals surface area contributed by atoms with E-state index in [-0.39, 0.29) is 24.0 Å². The highest BCUT2D eigenvalue weighted by Crippen LogP contribution is 2.08. The molecule has 1 aromatic rings. The third kappa shape index (κ3) is 6.22. The number of aliphatic imine (C=N–C) groups is 1. The molecule has 1 atom stereocenters. The van der Waals surface area contributed by atoms with Crippen molar-refractivity contribution >= 4 is 29.9 Å².